The summed E-state index contributed by atoms with van der Waals surface area (Å²) in [5.41, 5.74) is 2.68. The SMILES string of the molecule is CC(C)(C)OC(=O)N1CCC(c2nc3c(-c4cnc5ccccc5c4)cnn3c(N(SF)SF)c2Br)C1. The van der Waals surface area contributed by atoms with E-state index in [4.69, 9.17) is 9.72 Å². The first kappa shape index (κ1) is 26.0. The standard InChI is InChI=1S/C24H23BrF2N6O2S2/c1-24(2,3)35-23(34)31-9-8-15(13-31)20-19(25)22(33(36-26)37-27)32-21(30-20)17(12-29-32)16-10-14-6-4-5-7-18(14)28-11-16/h4-7,10-12,15H,8-9,13H2,1-3H3. The second kappa shape index (κ2) is 10.3. The summed E-state index contributed by atoms with van der Waals surface area (Å²) in [5.74, 6) is -0.0325. The summed E-state index contributed by atoms with van der Waals surface area (Å²) in [6.07, 6.45) is 3.56. The fourth-order valence-electron chi connectivity index (χ4n) is 4.38. The zero-order valence-corrected chi connectivity index (χ0v) is 23.4. The molecule has 1 aliphatic heterocycles. The lowest BCUT2D eigenvalue weighted by atomic mass is 10.0. The molecule has 1 fully saturated rings. The van der Waals surface area contributed by atoms with Crippen molar-refractivity contribution in [2.45, 2.75) is 38.7 Å². The molecule has 0 aliphatic carbocycles. The Morgan fingerprint density at radius 3 is 2.70 bits per heavy atom. The number of likely N-dealkylation sites (tertiary alicyclic amines) is 1. The smallest absolute Gasteiger partial charge is 0.410 e. The number of ether oxygens (including phenoxy) is 1. The van der Waals surface area contributed by atoms with Crippen LogP contribution in [0.25, 0.3) is 27.7 Å². The maximum Gasteiger partial charge on any atom is 0.410 e. The van der Waals surface area contributed by atoms with E-state index in [-0.39, 0.29) is 36.4 Å². The van der Waals surface area contributed by atoms with Crippen molar-refractivity contribution in [1.82, 2.24) is 24.5 Å². The highest BCUT2D eigenvalue weighted by Gasteiger charge is 2.35. The summed E-state index contributed by atoms with van der Waals surface area (Å²) in [6, 6.07) is 9.71. The number of aromatic nitrogens is 4. The molecule has 0 saturated carbocycles. The third-order valence-electron chi connectivity index (χ3n) is 6.02. The van der Waals surface area contributed by atoms with Gasteiger partial charge in [-0.05, 0) is 55.3 Å². The van der Waals surface area contributed by atoms with Gasteiger partial charge in [-0.2, -0.15) is 13.3 Å². The molecule has 1 aromatic carbocycles. The summed E-state index contributed by atoms with van der Waals surface area (Å²) in [5, 5.41) is 5.36. The summed E-state index contributed by atoms with van der Waals surface area (Å²) in [7, 11) is 0. The van der Waals surface area contributed by atoms with Crippen LogP contribution in [0.3, 0.4) is 0 Å². The van der Waals surface area contributed by atoms with Crippen molar-refractivity contribution < 1.29 is 17.3 Å². The second-order valence-electron chi connectivity index (χ2n) is 9.65. The Labute approximate surface area is 229 Å². The predicted octanol–water partition coefficient (Wildman–Crippen LogP) is 7.30. The van der Waals surface area contributed by atoms with Crippen molar-refractivity contribution in [1.29, 1.82) is 0 Å². The van der Waals surface area contributed by atoms with Gasteiger partial charge in [0.05, 0.1) is 21.9 Å². The first-order valence-electron chi connectivity index (χ1n) is 11.5. The van der Waals surface area contributed by atoms with Crippen molar-refractivity contribution in [3.05, 3.63) is 52.9 Å². The number of rotatable bonds is 5. The van der Waals surface area contributed by atoms with Gasteiger partial charge in [0.15, 0.2) is 36.1 Å². The molecule has 0 radical (unpaired) electrons. The maximum absolute atomic E-state index is 13.8. The molecule has 0 bridgehead atoms. The number of fused-ring (bicyclic) bond motifs is 2. The molecule has 1 atom stereocenters. The number of carbonyl (C=O) groups excluding carboxylic acids is 1. The molecule has 194 valence electrons. The van der Waals surface area contributed by atoms with Gasteiger partial charge >= 0.3 is 6.09 Å². The van der Waals surface area contributed by atoms with Crippen LogP contribution < -0.4 is 3.71 Å². The van der Waals surface area contributed by atoms with Gasteiger partial charge in [-0.15, -0.1) is 7.77 Å². The summed E-state index contributed by atoms with van der Waals surface area (Å²) < 4.78 is 35.7. The molecule has 8 nitrogen and oxygen atoms in total. The normalized spacial score (nSPS) is 16.1. The van der Waals surface area contributed by atoms with Crippen molar-refractivity contribution in [3.63, 3.8) is 0 Å². The summed E-state index contributed by atoms with van der Waals surface area (Å²) >= 11 is 2.98. The predicted molar refractivity (Wildman–Crippen MR) is 146 cm³/mol. The molecular formula is C24H23BrF2N6O2S2. The van der Waals surface area contributed by atoms with Gasteiger partial charge in [0.25, 0.3) is 0 Å². The molecule has 4 heterocycles. The Morgan fingerprint density at radius 1 is 1.22 bits per heavy atom. The van der Waals surface area contributed by atoms with E-state index in [1.54, 1.807) is 17.3 Å². The number of pyridine rings is 1. The van der Waals surface area contributed by atoms with E-state index in [1.165, 1.54) is 4.52 Å². The lowest BCUT2D eigenvalue weighted by Crippen LogP contribution is -2.35. The van der Waals surface area contributed by atoms with E-state index < -0.39 is 11.7 Å². The third-order valence-corrected chi connectivity index (χ3v) is 7.71. The van der Waals surface area contributed by atoms with Crippen molar-refractivity contribution >= 4 is 69.1 Å². The number of anilines is 1. The fourth-order valence-corrected chi connectivity index (χ4v) is 5.92. The minimum Gasteiger partial charge on any atom is -0.444 e. The highest BCUT2D eigenvalue weighted by molar-refractivity contribution is 9.10. The number of benzene rings is 1. The topological polar surface area (TPSA) is 75.9 Å². The van der Waals surface area contributed by atoms with E-state index >= 15 is 0 Å². The van der Waals surface area contributed by atoms with E-state index in [1.807, 2.05) is 51.1 Å². The summed E-state index contributed by atoms with van der Waals surface area (Å²) in [6.45, 7) is 6.30. The van der Waals surface area contributed by atoms with Gasteiger partial charge in [-0.3, -0.25) is 4.98 Å². The van der Waals surface area contributed by atoms with Crippen LogP contribution in [-0.4, -0.2) is 49.3 Å². The minimum absolute atomic E-state index is 0.149. The van der Waals surface area contributed by atoms with Gasteiger partial charge in [0, 0.05) is 41.7 Å². The molecule has 1 unspecified atom stereocenters. The number of carbonyl (C=O) groups is 1. The number of hydrogen-bond donors (Lipinski definition) is 0. The number of halogens is 3. The van der Waals surface area contributed by atoms with E-state index in [2.05, 4.69) is 26.0 Å². The van der Waals surface area contributed by atoms with Crippen LogP contribution in [-0.2, 0) is 4.74 Å². The molecule has 0 spiro atoms. The van der Waals surface area contributed by atoms with Crippen LogP contribution in [0.5, 0.6) is 0 Å². The largest absolute Gasteiger partial charge is 0.444 e. The van der Waals surface area contributed by atoms with Crippen LogP contribution in [0, 0.1) is 0 Å². The number of para-hydroxylation sites is 1. The zero-order chi connectivity index (χ0) is 26.3. The van der Waals surface area contributed by atoms with Crippen LogP contribution in [0.1, 0.15) is 38.8 Å². The highest BCUT2D eigenvalue weighted by atomic mass is 79.9. The molecule has 37 heavy (non-hydrogen) atoms. The third kappa shape index (κ3) is 5.08. The second-order valence-corrected chi connectivity index (χ2v) is 11.7. The zero-order valence-electron chi connectivity index (χ0n) is 20.2. The maximum atomic E-state index is 13.8. The highest BCUT2D eigenvalue weighted by Crippen LogP contribution is 2.43. The van der Waals surface area contributed by atoms with E-state index in [0.29, 0.717) is 40.9 Å². The Bertz CT molecular complexity index is 1480. The fraction of sp³-hybridized carbons (Fsp3) is 0.333. The van der Waals surface area contributed by atoms with Crippen molar-refractivity contribution in [2.24, 2.45) is 0 Å². The molecule has 3 aromatic heterocycles. The van der Waals surface area contributed by atoms with Gasteiger partial charge in [-0.25, -0.2) is 9.78 Å². The molecule has 13 heteroatoms. The first-order valence-corrected chi connectivity index (χ1v) is 13.6. The van der Waals surface area contributed by atoms with Gasteiger partial charge in [0.1, 0.15) is 5.60 Å². The van der Waals surface area contributed by atoms with Gasteiger partial charge < -0.3 is 9.64 Å². The average Bonchev–Trinajstić information content (AvgIpc) is 3.52. The molecule has 1 aliphatic rings. The quantitative estimate of drug-likeness (QED) is 0.218. The number of hydrogen-bond acceptors (Lipinski definition) is 8. The van der Waals surface area contributed by atoms with Crippen LogP contribution in [0.4, 0.5) is 18.4 Å². The summed E-state index contributed by atoms with van der Waals surface area (Å²) in [4.78, 5) is 23.7. The lowest BCUT2D eigenvalue weighted by molar-refractivity contribution is 0.0292. The van der Waals surface area contributed by atoms with E-state index in [0.717, 1.165) is 20.2 Å². The molecule has 1 saturated heterocycles. The molecule has 1 amide bonds. The van der Waals surface area contributed by atoms with E-state index in [9.17, 15) is 12.6 Å². The van der Waals surface area contributed by atoms with Crippen molar-refractivity contribution in [3.8, 4) is 11.1 Å². The van der Waals surface area contributed by atoms with Crippen LogP contribution in [0.2, 0.25) is 0 Å². The Morgan fingerprint density at radius 2 is 1.97 bits per heavy atom. The molecule has 0 N–H and O–H groups in total. The minimum atomic E-state index is -0.613. The first-order chi connectivity index (χ1) is 17.7. The van der Waals surface area contributed by atoms with Crippen molar-refractivity contribution in [2.75, 3.05) is 16.8 Å². The average molecular weight is 610 g/mol. The Kier molecular flexibility index (Phi) is 7.20. The Hall–Kier alpha value is -2.64. The molecular weight excluding hydrogens is 586 g/mol. The van der Waals surface area contributed by atoms with Gasteiger partial charge in [0.2, 0.25) is 0 Å². The molecule has 4 aromatic rings. The van der Waals surface area contributed by atoms with Gasteiger partial charge in [-0.1, -0.05) is 18.2 Å². The van der Waals surface area contributed by atoms with Crippen LogP contribution >= 0.6 is 40.6 Å². The Balaban J connectivity index is 1.60. The molecule has 5 rings (SSSR count). The lowest BCUT2D eigenvalue weighted by Gasteiger charge is -2.24. The number of amides is 1. The number of nitrogens with zero attached hydrogens (tertiary/aromatic N) is 6. The van der Waals surface area contributed by atoms with Crippen LogP contribution in [0.15, 0.2) is 47.2 Å². The monoisotopic (exact) mass is 608 g/mol.